The molecule has 0 spiro atoms. The second kappa shape index (κ2) is 11.1. The minimum absolute atomic E-state index is 0. The normalized spacial score (nSPS) is 10.2. The minimum Gasteiger partial charge on any atom is -0.0776 e. The molecule has 2 rings (SSSR count). The van der Waals surface area contributed by atoms with Crippen LogP contribution in [0.3, 0.4) is 0 Å². The summed E-state index contributed by atoms with van der Waals surface area (Å²) in [6, 6.07) is 19.9. The summed E-state index contributed by atoms with van der Waals surface area (Å²) in [6.07, 6.45) is 10.5. The molecule has 0 aliphatic carbocycles. The third-order valence-electron chi connectivity index (χ3n) is 4.09. The van der Waals surface area contributed by atoms with Crippen molar-refractivity contribution in [2.45, 2.75) is 65.7 Å². The Bertz CT molecular complexity index is 481. The van der Waals surface area contributed by atoms with Crippen LogP contribution in [0.4, 0.5) is 0 Å². The Hall–Kier alpha value is -1.56. The van der Waals surface area contributed by atoms with E-state index in [1.54, 1.807) is 0 Å². The predicted octanol–water partition coefficient (Wildman–Crippen LogP) is 6.82. The molecule has 0 unspecified atom stereocenters. The first-order valence-electron chi connectivity index (χ1n) is 8.50. The highest BCUT2D eigenvalue weighted by atomic mass is 14.0. The van der Waals surface area contributed by atoms with Gasteiger partial charge in [-0.25, -0.2) is 0 Å². The number of rotatable bonds is 9. The quantitative estimate of drug-likeness (QED) is 0.445. The highest BCUT2D eigenvalue weighted by Gasteiger charge is 1.98. The largest absolute Gasteiger partial charge is 0.0776 e. The first-order chi connectivity index (χ1) is 10.4. The Kier molecular flexibility index (Phi) is 9.30. The first kappa shape index (κ1) is 18.5. The SMILES string of the molecule is C.CCCCCCCCc1ccc(Cc2ccccc2)cc1. The van der Waals surface area contributed by atoms with Crippen molar-refractivity contribution in [3.05, 3.63) is 71.3 Å². The molecule has 0 radical (unpaired) electrons. The van der Waals surface area contributed by atoms with Crippen molar-refractivity contribution in [3.63, 3.8) is 0 Å². The molecule has 0 aliphatic rings. The fraction of sp³-hybridized carbons (Fsp3) is 0.455. The number of hydrogen-bond donors (Lipinski definition) is 0. The lowest BCUT2D eigenvalue weighted by atomic mass is 10.0. The van der Waals surface area contributed by atoms with Crippen LogP contribution in [0.1, 0.15) is 69.6 Å². The summed E-state index contributed by atoms with van der Waals surface area (Å²) in [5.41, 5.74) is 4.29. The Balaban J connectivity index is 0.00000242. The maximum atomic E-state index is 2.31. The van der Waals surface area contributed by atoms with Gasteiger partial charge in [0.2, 0.25) is 0 Å². The predicted molar refractivity (Wildman–Crippen MR) is 99.5 cm³/mol. The van der Waals surface area contributed by atoms with Crippen LogP contribution in [0, 0.1) is 0 Å². The average Bonchev–Trinajstić information content (AvgIpc) is 2.53. The van der Waals surface area contributed by atoms with E-state index in [-0.39, 0.29) is 7.43 Å². The second-order valence-electron chi connectivity index (χ2n) is 6.00. The summed E-state index contributed by atoms with van der Waals surface area (Å²) in [6.45, 7) is 2.27. The maximum Gasteiger partial charge on any atom is -0.00258 e. The van der Waals surface area contributed by atoms with Gasteiger partial charge in [-0.1, -0.05) is 101 Å². The van der Waals surface area contributed by atoms with E-state index in [1.165, 1.54) is 61.6 Å². The van der Waals surface area contributed by atoms with Crippen LogP contribution in [0.15, 0.2) is 54.6 Å². The molecule has 2 aromatic rings. The zero-order chi connectivity index (χ0) is 14.8. The lowest BCUT2D eigenvalue weighted by molar-refractivity contribution is 0.607. The van der Waals surface area contributed by atoms with Crippen LogP contribution in [-0.4, -0.2) is 0 Å². The van der Waals surface area contributed by atoms with Gasteiger partial charge in [-0.05, 0) is 36.0 Å². The lowest BCUT2D eigenvalue weighted by Gasteiger charge is -2.05. The molecule has 0 atom stereocenters. The van der Waals surface area contributed by atoms with Gasteiger partial charge in [0.1, 0.15) is 0 Å². The number of unbranched alkanes of at least 4 members (excludes halogenated alkanes) is 5. The van der Waals surface area contributed by atoms with E-state index in [2.05, 4.69) is 61.5 Å². The summed E-state index contributed by atoms with van der Waals surface area (Å²) in [7, 11) is 0. The Morgan fingerprint density at radius 3 is 1.82 bits per heavy atom. The van der Waals surface area contributed by atoms with E-state index in [9.17, 15) is 0 Å². The zero-order valence-electron chi connectivity index (χ0n) is 13.4. The zero-order valence-corrected chi connectivity index (χ0v) is 13.4. The van der Waals surface area contributed by atoms with Gasteiger partial charge >= 0.3 is 0 Å². The highest BCUT2D eigenvalue weighted by Crippen LogP contribution is 2.13. The van der Waals surface area contributed by atoms with Crippen LogP contribution in [0.5, 0.6) is 0 Å². The molecule has 0 N–H and O–H groups in total. The first-order valence-corrected chi connectivity index (χ1v) is 8.50. The lowest BCUT2D eigenvalue weighted by Crippen LogP contribution is -1.90. The molecule has 0 bridgehead atoms. The Labute approximate surface area is 137 Å². The van der Waals surface area contributed by atoms with Crippen molar-refractivity contribution >= 4 is 0 Å². The van der Waals surface area contributed by atoms with Crippen LogP contribution >= 0.6 is 0 Å². The summed E-state index contributed by atoms with van der Waals surface area (Å²) in [5, 5.41) is 0. The molecule has 0 nitrogen and oxygen atoms in total. The molecule has 0 aromatic heterocycles. The van der Waals surface area contributed by atoms with E-state index in [0.717, 1.165) is 6.42 Å². The van der Waals surface area contributed by atoms with E-state index < -0.39 is 0 Å². The average molecular weight is 296 g/mol. The van der Waals surface area contributed by atoms with Gasteiger partial charge in [-0.15, -0.1) is 0 Å². The summed E-state index contributed by atoms with van der Waals surface area (Å²) in [4.78, 5) is 0. The standard InChI is InChI=1S/C21H28.CH4/c1-2-3-4-5-6-8-11-19-14-16-21(17-15-19)18-20-12-9-7-10-13-20;/h7,9-10,12-17H,2-6,8,11,18H2,1H3;1H4. The van der Waals surface area contributed by atoms with Gasteiger partial charge in [-0.3, -0.25) is 0 Å². The molecule has 0 saturated carbocycles. The molecule has 2 aromatic carbocycles. The van der Waals surface area contributed by atoms with E-state index in [1.807, 2.05) is 0 Å². The van der Waals surface area contributed by atoms with Gasteiger partial charge in [0, 0.05) is 0 Å². The molecule has 0 amide bonds. The summed E-state index contributed by atoms with van der Waals surface area (Å²) < 4.78 is 0. The monoisotopic (exact) mass is 296 g/mol. The fourth-order valence-corrected chi connectivity index (χ4v) is 2.76. The van der Waals surface area contributed by atoms with Crippen LogP contribution < -0.4 is 0 Å². The van der Waals surface area contributed by atoms with E-state index in [4.69, 9.17) is 0 Å². The van der Waals surface area contributed by atoms with Crippen molar-refractivity contribution in [1.29, 1.82) is 0 Å². The van der Waals surface area contributed by atoms with Crippen molar-refractivity contribution < 1.29 is 0 Å². The van der Waals surface area contributed by atoms with Gasteiger partial charge < -0.3 is 0 Å². The molecule has 0 heterocycles. The molecule has 120 valence electrons. The number of aryl methyl sites for hydroxylation is 1. The third-order valence-corrected chi connectivity index (χ3v) is 4.09. The molecular formula is C22H32. The summed E-state index contributed by atoms with van der Waals surface area (Å²) >= 11 is 0. The Morgan fingerprint density at radius 2 is 1.14 bits per heavy atom. The molecule has 0 aliphatic heterocycles. The fourth-order valence-electron chi connectivity index (χ4n) is 2.76. The minimum atomic E-state index is 0. The third kappa shape index (κ3) is 6.93. The second-order valence-corrected chi connectivity index (χ2v) is 6.00. The molecular weight excluding hydrogens is 264 g/mol. The van der Waals surface area contributed by atoms with Crippen LogP contribution in [0.25, 0.3) is 0 Å². The van der Waals surface area contributed by atoms with Crippen molar-refractivity contribution in [2.24, 2.45) is 0 Å². The van der Waals surface area contributed by atoms with Crippen LogP contribution in [-0.2, 0) is 12.8 Å². The highest BCUT2D eigenvalue weighted by molar-refractivity contribution is 5.28. The topological polar surface area (TPSA) is 0 Å². The van der Waals surface area contributed by atoms with Crippen molar-refractivity contribution in [1.82, 2.24) is 0 Å². The molecule has 0 heteroatoms. The maximum absolute atomic E-state index is 2.31. The van der Waals surface area contributed by atoms with Crippen molar-refractivity contribution in [2.75, 3.05) is 0 Å². The summed E-state index contributed by atoms with van der Waals surface area (Å²) in [5.74, 6) is 0. The van der Waals surface area contributed by atoms with E-state index >= 15 is 0 Å². The Morgan fingerprint density at radius 1 is 0.591 bits per heavy atom. The smallest absolute Gasteiger partial charge is 0.00258 e. The van der Waals surface area contributed by atoms with Gasteiger partial charge in [-0.2, -0.15) is 0 Å². The van der Waals surface area contributed by atoms with Crippen molar-refractivity contribution in [3.8, 4) is 0 Å². The van der Waals surface area contributed by atoms with Gasteiger partial charge in [0.05, 0.1) is 0 Å². The molecule has 22 heavy (non-hydrogen) atoms. The van der Waals surface area contributed by atoms with Gasteiger partial charge in [0.15, 0.2) is 0 Å². The molecule has 0 saturated heterocycles. The number of benzene rings is 2. The van der Waals surface area contributed by atoms with Crippen LogP contribution in [0.2, 0.25) is 0 Å². The number of hydrogen-bond acceptors (Lipinski definition) is 0. The molecule has 0 fully saturated rings. The van der Waals surface area contributed by atoms with Gasteiger partial charge in [0.25, 0.3) is 0 Å². The van der Waals surface area contributed by atoms with E-state index in [0.29, 0.717) is 0 Å².